The predicted octanol–water partition coefficient (Wildman–Crippen LogP) is -0.285. The molecule has 2 N–H and O–H groups in total. The van der Waals surface area contributed by atoms with Crippen molar-refractivity contribution >= 4 is 17.8 Å². The minimum absolute atomic E-state index is 0.0374. The SMILES string of the molecule is CN=C(NCC(=O)NC(C)C)N1CCN(C(C)C(=O)N2CCCC2)CC1. The van der Waals surface area contributed by atoms with Gasteiger partial charge in [-0.2, -0.15) is 0 Å². The van der Waals surface area contributed by atoms with E-state index in [-0.39, 0.29) is 30.4 Å². The largest absolute Gasteiger partial charge is 0.352 e. The Hall–Kier alpha value is -1.83. The molecule has 148 valence electrons. The maximum Gasteiger partial charge on any atom is 0.239 e. The molecule has 0 radical (unpaired) electrons. The maximum atomic E-state index is 12.6. The Morgan fingerprint density at radius 2 is 1.58 bits per heavy atom. The van der Waals surface area contributed by atoms with Gasteiger partial charge in [0.25, 0.3) is 0 Å². The number of carbonyl (C=O) groups excluding carboxylic acids is 2. The number of aliphatic imine (C=N–C) groups is 1. The Morgan fingerprint density at radius 3 is 2.12 bits per heavy atom. The molecular formula is C18H34N6O2. The molecule has 2 heterocycles. The maximum absolute atomic E-state index is 12.6. The van der Waals surface area contributed by atoms with E-state index in [0.717, 1.165) is 58.1 Å². The van der Waals surface area contributed by atoms with Crippen LogP contribution in [0.15, 0.2) is 4.99 Å². The van der Waals surface area contributed by atoms with E-state index in [1.807, 2.05) is 25.7 Å². The number of amides is 2. The second-order valence-corrected chi connectivity index (χ2v) is 7.35. The molecule has 2 saturated heterocycles. The number of nitrogens with zero attached hydrogens (tertiary/aromatic N) is 4. The molecule has 0 aromatic rings. The highest BCUT2D eigenvalue weighted by Gasteiger charge is 2.30. The van der Waals surface area contributed by atoms with Crippen LogP contribution in [0.4, 0.5) is 0 Å². The van der Waals surface area contributed by atoms with Crippen LogP contribution in [0.5, 0.6) is 0 Å². The fourth-order valence-corrected chi connectivity index (χ4v) is 3.54. The van der Waals surface area contributed by atoms with Crippen LogP contribution in [0.2, 0.25) is 0 Å². The van der Waals surface area contributed by atoms with Gasteiger partial charge in [0.05, 0.1) is 12.6 Å². The third kappa shape index (κ3) is 5.59. The molecule has 26 heavy (non-hydrogen) atoms. The van der Waals surface area contributed by atoms with Crippen molar-refractivity contribution < 1.29 is 9.59 Å². The Balaban J connectivity index is 1.78. The van der Waals surface area contributed by atoms with E-state index in [4.69, 9.17) is 0 Å². The number of hydrogen-bond donors (Lipinski definition) is 2. The molecule has 8 heteroatoms. The second kappa shape index (κ2) is 9.75. The van der Waals surface area contributed by atoms with Crippen molar-refractivity contribution in [2.24, 2.45) is 4.99 Å². The highest BCUT2D eigenvalue weighted by Crippen LogP contribution is 2.14. The topological polar surface area (TPSA) is 80.3 Å². The molecule has 0 spiro atoms. The fourth-order valence-electron chi connectivity index (χ4n) is 3.54. The third-order valence-corrected chi connectivity index (χ3v) is 5.01. The standard InChI is InChI=1S/C18H34N6O2/c1-14(2)21-16(25)13-20-18(19-4)24-11-9-22(10-12-24)15(3)17(26)23-7-5-6-8-23/h14-15H,5-13H2,1-4H3,(H,19,20)(H,21,25). The van der Waals surface area contributed by atoms with Gasteiger partial charge in [0.15, 0.2) is 5.96 Å². The lowest BCUT2D eigenvalue weighted by atomic mass is 10.2. The van der Waals surface area contributed by atoms with E-state index in [9.17, 15) is 9.59 Å². The van der Waals surface area contributed by atoms with Crippen LogP contribution < -0.4 is 10.6 Å². The summed E-state index contributed by atoms with van der Waals surface area (Å²) in [7, 11) is 1.73. The summed E-state index contributed by atoms with van der Waals surface area (Å²) in [5, 5.41) is 5.99. The normalized spacial score (nSPS) is 20.4. The summed E-state index contributed by atoms with van der Waals surface area (Å²) in [6, 6.07) is 0.0616. The van der Waals surface area contributed by atoms with Crippen molar-refractivity contribution in [1.29, 1.82) is 0 Å². The molecule has 0 bridgehead atoms. The molecule has 1 atom stereocenters. The summed E-state index contributed by atoms with van der Waals surface area (Å²) in [6.45, 7) is 11.1. The van der Waals surface area contributed by atoms with Crippen LogP contribution in [-0.4, -0.2) is 97.4 Å². The van der Waals surface area contributed by atoms with Gasteiger partial charge in [-0.1, -0.05) is 0 Å². The van der Waals surface area contributed by atoms with Gasteiger partial charge in [0.2, 0.25) is 11.8 Å². The fraction of sp³-hybridized carbons (Fsp3) is 0.833. The highest BCUT2D eigenvalue weighted by molar-refractivity contribution is 5.86. The van der Waals surface area contributed by atoms with Crippen LogP contribution in [0.25, 0.3) is 0 Å². The molecule has 2 fully saturated rings. The van der Waals surface area contributed by atoms with E-state index in [2.05, 4.69) is 25.4 Å². The molecule has 1 unspecified atom stereocenters. The summed E-state index contributed by atoms with van der Waals surface area (Å²) in [5.74, 6) is 0.954. The zero-order chi connectivity index (χ0) is 19.1. The van der Waals surface area contributed by atoms with E-state index >= 15 is 0 Å². The first-order valence-corrected chi connectivity index (χ1v) is 9.70. The Kier molecular flexibility index (Phi) is 7.68. The molecule has 0 aromatic carbocycles. The monoisotopic (exact) mass is 366 g/mol. The van der Waals surface area contributed by atoms with Crippen LogP contribution in [-0.2, 0) is 9.59 Å². The third-order valence-electron chi connectivity index (χ3n) is 5.01. The zero-order valence-corrected chi connectivity index (χ0v) is 16.6. The van der Waals surface area contributed by atoms with Crippen LogP contribution in [0.3, 0.4) is 0 Å². The summed E-state index contributed by atoms with van der Waals surface area (Å²) in [4.78, 5) is 35.0. The molecule has 2 aliphatic rings. The Bertz CT molecular complexity index is 508. The van der Waals surface area contributed by atoms with Gasteiger partial charge < -0.3 is 20.4 Å². The van der Waals surface area contributed by atoms with Crippen LogP contribution >= 0.6 is 0 Å². The lowest BCUT2D eigenvalue weighted by Gasteiger charge is -2.39. The summed E-state index contributed by atoms with van der Waals surface area (Å²) < 4.78 is 0. The number of likely N-dealkylation sites (tertiary alicyclic amines) is 1. The minimum Gasteiger partial charge on any atom is -0.352 e. The minimum atomic E-state index is -0.0676. The lowest BCUT2D eigenvalue weighted by Crippen LogP contribution is -2.57. The average molecular weight is 367 g/mol. The van der Waals surface area contributed by atoms with E-state index in [0.29, 0.717) is 0 Å². The number of nitrogens with one attached hydrogen (secondary N) is 2. The molecule has 0 aliphatic carbocycles. The van der Waals surface area contributed by atoms with Crippen molar-refractivity contribution in [3.8, 4) is 0 Å². The highest BCUT2D eigenvalue weighted by atomic mass is 16.2. The zero-order valence-electron chi connectivity index (χ0n) is 16.6. The smallest absolute Gasteiger partial charge is 0.239 e. The number of carbonyl (C=O) groups is 2. The van der Waals surface area contributed by atoms with Gasteiger partial charge in [-0.3, -0.25) is 19.5 Å². The molecular weight excluding hydrogens is 332 g/mol. The van der Waals surface area contributed by atoms with E-state index < -0.39 is 0 Å². The van der Waals surface area contributed by atoms with Crippen molar-refractivity contribution in [1.82, 2.24) is 25.3 Å². The number of hydrogen-bond acceptors (Lipinski definition) is 4. The average Bonchev–Trinajstić information content (AvgIpc) is 3.15. The van der Waals surface area contributed by atoms with Gasteiger partial charge in [-0.25, -0.2) is 0 Å². The van der Waals surface area contributed by atoms with E-state index in [1.165, 1.54) is 0 Å². The molecule has 8 nitrogen and oxygen atoms in total. The Morgan fingerprint density at radius 1 is 0.962 bits per heavy atom. The second-order valence-electron chi connectivity index (χ2n) is 7.35. The van der Waals surface area contributed by atoms with Crippen molar-refractivity contribution in [3.63, 3.8) is 0 Å². The number of piperazine rings is 1. The molecule has 0 saturated carbocycles. The summed E-state index contributed by atoms with van der Waals surface area (Å²) in [5.41, 5.74) is 0. The van der Waals surface area contributed by atoms with Crippen LogP contribution in [0.1, 0.15) is 33.6 Å². The molecule has 2 aliphatic heterocycles. The molecule has 2 rings (SSSR count). The predicted molar refractivity (Wildman–Crippen MR) is 103 cm³/mol. The summed E-state index contributed by atoms with van der Waals surface area (Å²) >= 11 is 0. The Labute approximate surface area is 157 Å². The molecule has 2 amide bonds. The van der Waals surface area contributed by atoms with Crippen molar-refractivity contribution in [2.75, 3.05) is 52.9 Å². The van der Waals surface area contributed by atoms with Crippen molar-refractivity contribution in [2.45, 2.75) is 45.7 Å². The van der Waals surface area contributed by atoms with Crippen LogP contribution in [0, 0.1) is 0 Å². The summed E-state index contributed by atoms with van der Waals surface area (Å²) in [6.07, 6.45) is 2.25. The first kappa shape index (κ1) is 20.5. The van der Waals surface area contributed by atoms with Gasteiger partial charge in [0.1, 0.15) is 0 Å². The number of guanidine groups is 1. The van der Waals surface area contributed by atoms with Gasteiger partial charge in [-0.05, 0) is 33.6 Å². The number of rotatable bonds is 5. The lowest BCUT2D eigenvalue weighted by molar-refractivity contribution is -0.135. The van der Waals surface area contributed by atoms with Crippen molar-refractivity contribution in [3.05, 3.63) is 0 Å². The van der Waals surface area contributed by atoms with Gasteiger partial charge in [0, 0.05) is 52.4 Å². The first-order valence-electron chi connectivity index (χ1n) is 9.70. The van der Waals surface area contributed by atoms with E-state index in [1.54, 1.807) is 7.05 Å². The van der Waals surface area contributed by atoms with Gasteiger partial charge >= 0.3 is 0 Å². The first-order chi connectivity index (χ1) is 12.4. The molecule has 0 aromatic heterocycles. The quantitative estimate of drug-likeness (QED) is 0.517. The van der Waals surface area contributed by atoms with Gasteiger partial charge in [-0.15, -0.1) is 0 Å².